The smallest absolute Gasteiger partial charge is 0.325 e. The molecule has 1 saturated heterocycles. The van der Waals surface area contributed by atoms with Gasteiger partial charge in [0.15, 0.2) is 11.5 Å². The quantitative estimate of drug-likeness (QED) is 0.654. The zero-order chi connectivity index (χ0) is 23.6. The summed E-state index contributed by atoms with van der Waals surface area (Å²) >= 11 is 0. The van der Waals surface area contributed by atoms with Gasteiger partial charge in [-0.25, -0.2) is 4.79 Å². The molecule has 0 saturated carbocycles. The normalized spacial score (nSPS) is 19.4. The molecule has 0 radical (unpaired) electrons. The van der Waals surface area contributed by atoms with E-state index in [-0.39, 0.29) is 12.5 Å². The Morgan fingerprint density at radius 2 is 1.73 bits per heavy atom. The topological polar surface area (TPSA) is 88.2 Å². The lowest BCUT2D eigenvalue weighted by atomic mass is 9.91. The van der Waals surface area contributed by atoms with Gasteiger partial charge in [0, 0.05) is 13.6 Å². The van der Waals surface area contributed by atoms with E-state index in [1.54, 1.807) is 14.0 Å². The third-order valence-electron chi connectivity index (χ3n) is 6.09. The van der Waals surface area contributed by atoms with Crippen molar-refractivity contribution < 1.29 is 23.9 Å². The summed E-state index contributed by atoms with van der Waals surface area (Å²) in [5.41, 5.74) is 1.54. The average molecular weight is 452 g/mol. The second-order valence-corrected chi connectivity index (χ2v) is 8.62. The van der Waals surface area contributed by atoms with Gasteiger partial charge in [0.25, 0.3) is 5.91 Å². The first kappa shape index (κ1) is 22.6. The van der Waals surface area contributed by atoms with Crippen LogP contribution in [0.25, 0.3) is 0 Å². The average Bonchev–Trinajstić information content (AvgIpc) is 3.03. The van der Waals surface area contributed by atoms with Crippen molar-refractivity contribution in [3.8, 4) is 11.5 Å². The van der Waals surface area contributed by atoms with E-state index in [1.165, 1.54) is 10.5 Å². The number of amides is 4. The highest BCUT2D eigenvalue weighted by Crippen LogP contribution is 2.31. The zero-order valence-electron chi connectivity index (χ0n) is 19.2. The summed E-state index contributed by atoms with van der Waals surface area (Å²) in [6.45, 7) is 4.77. The van der Waals surface area contributed by atoms with Crippen LogP contribution in [-0.2, 0) is 28.1 Å². The standard InChI is InChI=1S/C25H29N3O5/c1-4-5-17-6-9-19(10-7-17)25(2)23(30)28(24(31)26-25)16-22(29)27(3)15-18-8-11-20-21(14-18)33-13-12-32-20/h6-11,14H,4-5,12-13,15-16H2,1-3H3,(H,26,31). The van der Waals surface area contributed by atoms with E-state index < -0.39 is 17.5 Å². The molecule has 0 spiro atoms. The molecule has 2 aliphatic rings. The van der Waals surface area contributed by atoms with Crippen LogP contribution in [0.4, 0.5) is 4.79 Å². The van der Waals surface area contributed by atoms with Gasteiger partial charge < -0.3 is 19.7 Å². The summed E-state index contributed by atoms with van der Waals surface area (Å²) in [7, 11) is 1.64. The predicted molar refractivity (Wildman–Crippen MR) is 122 cm³/mol. The number of hydrogen-bond donors (Lipinski definition) is 1. The number of urea groups is 1. The first-order valence-electron chi connectivity index (χ1n) is 11.2. The number of nitrogens with one attached hydrogen (secondary N) is 1. The lowest BCUT2D eigenvalue weighted by Crippen LogP contribution is -2.43. The van der Waals surface area contributed by atoms with Crippen molar-refractivity contribution in [1.29, 1.82) is 0 Å². The molecule has 1 atom stereocenters. The lowest BCUT2D eigenvalue weighted by molar-refractivity contribution is -0.138. The molecule has 1 N–H and O–H groups in total. The van der Waals surface area contributed by atoms with Gasteiger partial charge >= 0.3 is 6.03 Å². The molecule has 8 nitrogen and oxygen atoms in total. The summed E-state index contributed by atoms with van der Waals surface area (Å²) in [5, 5.41) is 2.76. The van der Waals surface area contributed by atoms with Crippen LogP contribution in [0.15, 0.2) is 42.5 Å². The number of fused-ring (bicyclic) bond motifs is 1. The van der Waals surface area contributed by atoms with E-state index >= 15 is 0 Å². The van der Waals surface area contributed by atoms with Gasteiger partial charge in [-0.3, -0.25) is 14.5 Å². The Morgan fingerprint density at radius 1 is 1.06 bits per heavy atom. The molecule has 1 unspecified atom stereocenters. The Bertz CT molecular complexity index is 1070. The number of carbonyl (C=O) groups is 3. The number of benzene rings is 2. The number of carbonyl (C=O) groups excluding carboxylic acids is 3. The largest absolute Gasteiger partial charge is 0.486 e. The van der Waals surface area contributed by atoms with E-state index in [2.05, 4.69) is 12.2 Å². The summed E-state index contributed by atoms with van der Waals surface area (Å²) in [6.07, 6.45) is 1.98. The van der Waals surface area contributed by atoms with Gasteiger partial charge in [-0.15, -0.1) is 0 Å². The number of nitrogens with zero attached hydrogens (tertiary/aromatic N) is 2. The minimum absolute atomic E-state index is 0.315. The second-order valence-electron chi connectivity index (χ2n) is 8.62. The van der Waals surface area contributed by atoms with Gasteiger partial charge in [0.05, 0.1) is 0 Å². The Hall–Kier alpha value is -3.55. The number of likely N-dealkylation sites (N-methyl/N-ethyl adjacent to an activating group) is 1. The van der Waals surface area contributed by atoms with Gasteiger partial charge in [-0.2, -0.15) is 0 Å². The Balaban J connectivity index is 1.42. The fourth-order valence-corrected chi connectivity index (χ4v) is 4.13. The zero-order valence-corrected chi connectivity index (χ0v) is 19.2. The molecule has 0 aliphatic carbocycles. The number of ether oxygens (including phenoxy) is 2. The maximum absolute atomic E-state index is 13.2. The van der Waals surface area contributed by atoms with Crippen LogP contribution in [0.5, 0.6) is 11.5 Å². The van der Waals surface area contributed by atoms with E-state index in [0.717, 1.165) is 23.3 Å². The summed E-state index contributed by atoms with van der Waals surface area (Å²) < 4.78 is 11.1. The van der Waals surface area contributed by atoms with Crippen LogP contribution in [0.2, 0.25) is 0 Å². The van der Waals surface area contributed by atoms with Gasteiger partial charge in [-0.05, 0) is 42.2 Å². The molecule has 4 rings (SSSR count). The molecule has 1 fully saturated rings. The van der Waals surface area contributed by atoms with Crippen LogP contribution >= 0.6 is 0 Å². The highest BCUT2D eigenvalue weighted by atomic mass is 16.6. The van der Waals surface area contributed by atoms with Crippen LogP contribution < -0.4 is 14.8 Å². The highest BCUT2D eigenvalue weighted by Gasteiger charge is 2.49. The minimum atomic E-state index is -1.20. The van der Waals surface area contributed by atoms with Crippen molar-refractivity contribution in [2.75, 3.05) is 26.8 Å². The number of hydrogen-bond acceptors (Lipinski definition) is 5. The lowest BCUT2D eigenvalue weighted by Gasteiger charge is -2.24. The molecule has 2 heterocycles. The third-order valence-corrected chi connectivity index (χ3v) is 6.09. The van der Waals surface area contributed by atoms with Gasteiger partial charge in [0.1, 0.15) is 25.3 Å². The second kappa shape index (κ2) is 9.13. The van der Waals surface area contributed by atoms with Gasteiger partial charge in [0.2, 0.25) is 5.91 Å². The maximum Gasteiger partial charge on any atom is 0.325 e. The fourth-order valence-electron chi connectivity index (χ4n) is 4.13. The molecular weight excluding hydrogens is 422 g/mol. The minimum Gasteiger partial charge on any atom is -0.486 e. The monoisotopic (exact) mass is 451 g/mol. The molecule has 2 aliphatic heterocycles. The van der Waals surface area contributed by atoms with Gasteiger partial charge in [-0.1, -0.05) is 43.7 Å². The summed E-state index contributed by atoms with van der Waals surface area (Å²) in [4.78, 5) is 41.1. The summed E-state index contributed by atoms with van der Waals surface area (Å²) in [5.74, 6) is 0.558. The molecular formula is C25H29N3O5. The molecule has 33 heavy (non-hydrogen) atoms. The molecule has 8 heteroatoms. The highest BCUT2D eigenvalue weighted by molar-refractivity contribution is 6.09. The van der Waals surface area contributed by atoms with E-state index in [0.29, 0.717) is 36.8 Å². The predicted octanol–water partition coefficient (Wildman–Crippen LogP) is 2.84. The van der Waals surface area contributed by atoms with Crippen LogP contribution in [0.1, 0.15) is 37.0 Å². The van der Waals surface area contributed by atoms with Crippen molar-refractivity contribution in [2.24, 2.45) is 0 Å². The fraction of sp³-hybridized carbons (Fsp3) is 0.400. The number of aryl methyl sites for hydroxylation is 1. The summed E-state index contributed by atoms with van der Waals surface area (Å²) in [6, 6.07) is 12.6. The number of imide groups is 1. The molecule has 2 aromatic rings. The van der Waals surface area contributed by atoms with Crippen molar-refractivity contribution >= 4 is 17.8 Å². The number of rotatable bonds is 7. The Kier molecular flexibility index (Phi) is 6.26. The van der Waals surface area contributed by atoms with Crippen molar-refractivity contribution in [1.82, 2.24) is 15.1 Å². The van der Waals surface area contributed by atoms with Crippen LogP contribution in [-0.4, -0.2) is 54.5 Å². The van der Waals surface area contributed by atoms with Crippen LogP contribution in [0, 0.1) is 0 Å². The van der Waals surface area contributed by atoms with Crippen molar-refractivity contribution in [3.63, 3.8) is 0 Å². The SMILES string of the molecule is CCCc1ccc(C2(C)NC(=O)N(CC(=O)N(C)Cc3ccc4c(c3)OCCO4)C2=O)cc1. The van der Waals surface area contributed by atoms with E-state index in [9.17, 15) is 14.4 Å². The Morgan fingerprint density at radius 3 is 2.42 bits per heavy atom. The van der Waals surface area contributed by atoms with E-state index in [1.807, 2.05) is 42.5 Å². The molecule has 0 bridgehead atoms. The first-order valence-corrected chi connectivity index (χ1v) is 11.2. The Labute approximate surface area is 193 Å². The molecule has 0 aromatic heterocycles. The van der Waals surface area contributed by atoms with Crippen molar-refractivity contribution in [3.05, 3.63) is 59.2 Å². The molecule has 174 valence electrons. The van der Waals surface area contributed by atoms with E-state index in [4.69, 9.17) is 9.47 Å². The van der Waals surface area contributed by atoms with Crippen LogP contribution in [0.3, 0.4) is 0 Å². The maximum atomic E-state index is 13.2. The third kappa shape index (κ3) is 4.51. The first-order chi connectivity index (χ1) is 15.8. The van der Waals surface area contributed by atoms with Crippen molar-refractivity contribution in [2.45, 2.75) is 38.8 Å². The molecule has 4 amide bonds. The molecule has 2 aromatic carbocycles.